The summed E-state index contributed by atoms with van der Waals surface area (Å²) in [6.45, 7) is 6.31. The molecule has 0 aromatic heterocycles. The standard InChI is InChI=1S/C13H25N3O2/c1-10(2)6-11(8-14)7-13(18)16-5-3-4-15-12(17)9-16/h10-11H,3-9,14H2,1-2H3,(H,15,17)/t11-/m0/s1. The van der Waals surface area contributed by atoms with Crippen LogP contribution in [-0.2, 0) is 9.59 Å². The predicted molar refractivity (Wildman–Crippen MR) is 70.8 cm³/mol. The highest BCUT2D eigenvalue weighted by Gasteiger charge is 2.22. The molecular formula is C13H25N3O2. The second-order valence-corrected chi connectivity index (χ2v) is 5.45. The van der Waals surface area contributed by atoms with Crippen LogP contribution in [0.1, 0.15) is 33.1 Å². The number of nitrogens with zero attached hydrogens (tertiary/aromatic N) is 1. The number of rotatable bonds is 5. The average molecular weight is 255 g/mol. The van der Waals surface area contributed by atoms with Crippen LogP contribution >= 0.6 is 0 Å². The summed E-state index contributed by atoms with van der Waals surface area (Å²) in [6, 6.07) is 0. The number of hydrogen-bond acceptors (Lipinski definition) is 3. The van der Waals surface area contributed by atoms with Gasteiger partial charge in [-0.25, -0.2) is 0 Å². The van der Waals surface area contributed by atoms with E-state index in [9.17, 15) is 9.59 Å². The molecule has 0 spiro atoms. The molecule has 0 aromatic rings. The van der Waals surface area contributed by atoms with Crippen LogP contribution in [0.3, 0.4) is 0 Å². The van der Waals surface area contributed by atoms with Crippen molar-refractivity contribution in [3.8, 4) is 0 Å². The van der Waals surface area contributed by atoms with E-state index in [1.54, 1.807) is 4.90 Å². The molecule has 0 saturated carbocycles. The van der Waals surface area contributed by atoms with Gasteiger partial charge in [-0.3, -0.25) is 9.59 Å². The first kappa shape index (κ1) is 15.0. The normalized spacial score (nSPS) is 18.4. The molecule has 1 aliphatic rings. The number of carbonyl (C=O) groups excluding carboxylic acids is 2. The minimum absolute atomic E-state index is 0.0585. The summed E-state index contributed by atoms with van der Waals surface area (Å²) in [5, 5.41) is 2.77. The van der Waals surface area contributed by atoms with Crippen LogP contribution in [0.5, 0.6) is 0 Å². The minimum atomic E-state index is -0.0611. The van der Waals surface area contributed by atoms with E-state index in [4.69, 9.17) is 5.73 Å². The maximum atomic E-state index is 12.1. The van der Waals surface area contributed by atoms with Gasteiger partial charge in [-0.05, 0) is 31.2 Å². The molecule has 0 aromatic carbocycles. The minimum Gasteiger partial charge on any atom is -0.354 e. The lowest BCUT2D eigenvalue weighted by atomic mass is 9.94. The van der Waals surface area contributed by atoms with Crippen molar-refractivity contribution in [2.45, 2.75) is 33.1 Å². The van der Waals surface area contributed by atoms with Crippen molar-refractivity contribution in [2.75, 3.05) is 26.2 Å². The summed E-state index contributed by atoms with van der Waals surface area (Å²) < 4.78 is 0. The van der Waals surface area contributed by atoms with Crippen molar-refractivity contribution in [3.63, 3.8) is 0 Å². The quantitative estimate of drug-likeness (QED) is 0.744. The Morgan fingerprint density at radius 3 is 2.83 bits per heavy atom. The number of carbonyl (C=O) groups is 2. The zero-order valence-corrected chi connectivity index (χ0v) is 11.4. The highest BCUT2D eigenvalue weighted by atomic mass is 16.2. The molecule has 2 amide bonds. The van der Waals surface area contributed by atoms with Crippen LogP contribution in [0.25, 0.3) is 0 Å². The summed E-state index contributed by atoms with van der Waals surface area (Å²) >= 11 is 0. The van der Waals surface area contributed by atoms with E-state index in [1.165, 1.54) is 0 Å². The fourth-order valence-corrected chi connectivity index (χ4v) is 2.32. The Balaban J connectivity index is 2.49. The molecule has 0 aliphatic carbocycles. The van der Waals surface area contributed by atoms with E-state index < -0.39 is 0 Å². The van der Waals surface area contributed by atoms with E-state index >= 15 is 0 Å². The lowest BCUT2D eigenvalue weighted by Gasteiger charge is -2.23. The molecular weight excluding hydrogens is 230 g/mol. The first-order valence-corrected chi connectivity index (χ1v) is 6.77. The lowest BCUT2D eigenvalue weighted by Crippen LogP contribution is -2.38. The van der Waals surface area contributed by atoms with Crippen LogP contribution < -0.4 is 11.1 Å². The molecule has 5 heteroatoms. The molecule has 1 atom stereocenters. The summed E-state index contributed by atoms with van der Waals surface area (Å²) in [5.74, 6) is 0.764. The number of hydrogen-bond donors (Lipinski definition) is 2. The smallest absolute Gasteiger partial charge is 0.239 e. The van der Waals surface area contributed by atoms with Gasteiger partial charge < -0.3 is 16.0 Å². The summed E-state index contributed by atoms with van der Waals surface area (Å²) in [7, 11) is 0. The molecule has 1 fully saturated rings. The molecule has 0 unspecified atom stereocenters. The van der Waals surface area contributed by atoms with Gasteiger partial charge in [0.2, 0.25) is 11.8 Å². The van der Waals surface area contributed by atoms with E-state index in [2.05, 4.69) is 19.2 Å². The van der Waals surface area contributed by atoms with Crippen LogP contribution in [0.4, 0.5) is 0 Å². The van der Waals surface area contributed by atoms with Gasteiger partial charge >= 0.3 is 0 Å². The zero-order valence-electron chi connectivity index (χ0n) is 11.4. The fraction of sp³-hybridized carbons (Fsp3) is 0.846. The van der Waals surface area contributed by atoms with Crippen LogP contribution in [0.2, 0.25) is 0 Å². The van der Waals surface area contributed by atoms with Gasteiger partial charge in [0.05, 0.1) is 6.54 Å². The monoisotopic (exact) mass is 255 g/mol. The van der Waals surface area contributed by atoms with Crippen LogP contribution in [0.15, 0.2) is 0 Å². The summed E-state index contributed by atoms with van der Waals surface area (Å²) in [5.41, 5.74) is 5.71. The topological polar surface area (TPSA) is 75.4 Å². The summed E-state index contributed by atoms with van der Waals surface area (Å²) in [4.78, 5) is 25.2. The fourth-order valence-electron chi connectivity index (χ4n) is 2.32. The van der Waals surface area contributed by atoms with Gasteiger partial charge in [-0.15, -0.1) is 0 Å². The molecule has 18 heavy (non-hydrogen) atoms. The predicted octanol–water partition coefficient (Wildman–Crippen LogP) is 0.346. The molecule has 1 rings (SSSR count). The molecule has 0 radical (unpaired) electrons. The number of amides is 2. The van der Waals surface area contributed by atoms with E-state index in [0.717, 1.165) is 12.8 Å². The Bertz CT molecular complexity index is 292. The molecule has 1 aliphatic heterocycles. The molecule has 0 bridgehead atoms. The third kappa shape index (κ3) is 5.04. The lowest BCUT2D eigenvalue weighted by molar-refractivity contribution is -0.136. The van der Waals surface area contributed by atoms with E-state index in [-0.39, 0.29) is 24.3 Å². The SMILES string of the molecule is CC(C)C[C@H](CN)CC(=O)N1CCCNC(=O)C1. The van der Waals surface area contributed by atoms with Crippen molar-refractivity contribution in [2.24, 2.45) is 17.6 Å². The first-order chi connectivity index (χ1) is 8.52. The van der Waals surface area contributed by atoms with Gasteiger partial charge in [0.1, 0.15) is 0 Å². The Hall–Kier alpha value is -1.10. The van der Waals surface area contributed by atoms with Crippen LogP contribution in [0, 0.1) is 11.8 Å². The Labute approximate surface area is 109 Å². The van der Waals surface area contributed by atoms with Gasteiger partial charge in [-0.1, -0.05) is 13.8 Å². The Morgan fingerprint density at radius 2 is 2.22 bits per heavy atom. The molecule has 3 N–H and O–H groups in total. The van der Waals surface area contributed by atoms with Crippen molar-refractivity contribution in [3.05, 3.63) is 0 Å². The van der Waals surface area contributed by atoms with Crippen molar-refractivity contribution < 1.29 is 9.59 Å². The second kappa shape index (κ2) is 7.36. The largest absolute Gasteiger partial charge is 0.354 e. The Kier molecular flexibility index (Phi) is 6.12. The van der Waals surface area contributed by atoms with Gasteiger partial charge in [0.15, 0.2) is 0 Å². The molecule has 1 saturated heterocycles. The second-order valence-electron chi connectivity index (χ2n) is 5.45. The van der Waals surface area contributed by atoms with E-state index in [0.29, 0.717) is 32.0 Å². The summed E-state index contributed by atoms with van der Waals surface area (Å²) in [6.07, 6.45) is 2.25. The van der Waals surface area contributed by atoms with Crippen molar-refractivity contribution in [1.29, 1.82) is 0 Å². The molecule has 104 valence electrons. The molecule has 1 heterocycles. The third-order valence-electron chi connectivity index (χ3n) is 3.22. The van der Waals surface area contributed by atoms with Gasteiger partial charge in [0.25, 0.3) is 0 Å². The number of nitrogens with two attached hydrogens (primary N) is 1. The maximum Gasteiger partial charge on any atom is 0.239 e. The Morgan fingerprint density at radius 1 is 1.50 bits per heavy atom. The van der Waals surface area contributed by atoms with Crippen molar-refractivity contribution >= 4 is 11.8 Å². The molecule has 5 nitrogen and oxygen atoms in total. The highest BCUT2D eigenvalue weighted by Crippen LogP contribution is 2.16. The third-order valence-corrected chi connectivity index (χ3v) is 3.22. The van der Waals surface area contributed by atoms with Gasteiger partial charge in [-0.2, -0.15) is 0 Å². The maximum absolute atomic E-state index is 12.1. The highest BCUT2D eigenvalue weighted by molar-refractivity contribution is 5.85. The average Bonchev–Trinajstić information content (AvgIpc) is 2.52. The van der Waals surface area contributed by atoms with Crippen molar-refractivity contribution in [1.82, 2.24) is 10.2 Å². The van der Waals surface area contributed by atoms with Crippen LogP contribution in [-0.4, -0.2) is 42.9 Å². The number of nitrogens with one attached hydrogen (secondary N) is 1. The zero-order chi connectivity index (χ0) is 13.5. The van der Waals surface area contributed by atoms with E-state index in [1.807, 2.05) is 0 Å². The van der Waals surface area contributed by atoms with Gasteiger partial charge in [0, 0.05) is 19.5 Å². The first-order valence-electron chi connectivity index (χ1n) is 6.77.